The van der Waals surface area contributed by atoms with Crippen molar-refractivity contribution in [3.05, 3.63) is 0 Å². The van der Waals surface area contributed by atoms with Crippen LogP contribution in [0.15, 0.2) is 0 Å². The highest BCUT2D eigenvalue weighted by Crippen LogP contribution is 2.65. The van der Waals surface area contributed by atoms with Crippen LogP contribution >= 0.6 is 0 Å². The molecule has 0 amide bonds. The molecule has 0 aromatic rings. The summed E-state index contributed by atoms with van der Waals surface area (Å²) in [4.78, 5) is 10.1. The van der Waals surface area contributed by atoms with E-state index < -0.39 is 5.97 Å². The SMILES string of the molecule is NC12CC(COCC(=O)O)(C1)C2. The lowest BCUT2D eigenvalue weighted by Gasteiger charge is -2.68. The zero-order chi connectivity index (χ0) is 8.82. The van der Waals surface area contributed by atoms with Gasteiger partial charge in [0.2, 0.25) is 0 Å². The molecule has 3 aliphatic rings. The quantitative estimate of drug-likeness (QED) is 0.623. The van der Waals surface area contributed by atoms with Gasteiger partial charge >= 0.3 is 5.97 Å². The zero-order valence-corrected chi connectivity index (χ0v) is 6.88. The average Bonchev–Trinajstić information content (AvgIpc) is 1.80. The first-order valence-corrected chi connectivity index (χ1v) is 4.12. The first-order chi connectivity index (χ1) is 5.54. The molecule has 68 valence electrons. The Morgan fingerprint density at radius 3 is 2.50 bits per heavy atom. The fourth-order valence-electron chi connectivity index (χ4n) is 2.59. The van der Waals surface area contributed by atoms with Crippen LogP contribution in [0.1, 0.15) is 19.3 Å². The Bertz CT molecular complexity index is 207. The van der Waals surface area contributed by atoms with Gasteiger partial charge in [0.15, 0.2) is 0 Å². The van der Waals surface area contributed by atoms with E-state index in [-0.39, 0.29) is 17.6 Å². The van der Waals surface area contributed by atoms with Gasteiger partial charge in [-0.1, -0.05) is 0 Å². The molecule has 0 unspecified atom stereocenters. The molecule has 12 heavy (non-hydrogen) atoms. The second-order valence-electron chi connectivity index (χ2n) is 4.28. The topological polar surface area (TPSA) is 72.5 Å². The number of ether oxygens (including phenoxy) is 1. The van der Waals surface area contributed by atoms with E-state index in [1.807, 2.05) is 0 Å². The van der Waals surface area contributed by atoms with Crippen molar-refractivity contribution in [1.82, 2.24) is 0 Å². The third-order valence-electron chi connectivity index (χ3n) is 2.81. The van der Waals surface area contributed by atoms with Crippen molar-refractivity contribution in [2.45, 2.75) is 24.8 Å². The summed E-state index contributed by atoms with van der Waals surface area (Å²) in [5.41, 5.74) is 6.18. The number of carboxylic acids is 1. The number of carbonyl (C=O) groups is 1. The van der Waals surface area contributed by atoms with Crippen molar-refractivity contribution in [2.24, 2.45) is 11.1 Å². The summed E-state index contributed by atoms with van der Waals surface area (Å²) >= 11 is 0. The number of carboxylic acid groups (broad SMARTS) is 1. The molecule has 2 bridgehead atoms. The first-order valence-electron chi connectivity index (χ1n) is 4.12. The molecule has 0 aliphatic heterocycles. The molecule has 3 aliphatic carbocycles. The molecule has 4 nitrogen and oxygen atoms in total. The van der Waals surface area contributed by atoms with Crippen LogP contribution in [0.5, 0.6) is 0 Å². The predicted octanol–water partition coefficient (Wildman–Crippen LogP) is -0.0310. The number of hydrogen-bond donors (Lipinski definition) is 2. The minimum absolute atomic E-state index is 0.0899. The van der Waals surface area contributed by atoms with E-state index in [0.717, 1.165) is 19.3 Å². The summed E-state index contributed by atoms with van der Waals surface area (Å²) in [6, 6.07) is 0. The lowest BCUT2D eigenvalue weighted by Crippen LogP contribution is -2.73. The highest BCUT2D eigenvalue weighted by molar-refractivity contribution is 5.68. The zero-order valence-electron chi connectivity index (χ0n) is 6.88. The van der Waals surface area contributed by atoms with Gasteiger partial charge in [-0.05, 0) is 24.7 Å². The minimum atomic E-state index is -0.899. The molecule has 0 spiro atoms. The molecule has 3 saturated carbocycles. The number of aliphatic carboxylic acids is 1. The maximum atomic E-state index is 10.1. The monoisotopic (exact) mass is 171 g/mol. The van der Waals surface area contributed by atoms with Crippen LogP contribution in [0, 0.1) is 5.41 Å². The average molecular weight is 171 g/mol. The third-order valence-corrected chi connectivity index (χ3v) is 2.81. The van der Waals surface area contributed by atoms with Crippen molar-refractivity contribution >= 4 is 5.97 Å². The molecule has 0 saturated heterocycles. The van der Waals surface area contributed by atoms with E-state index in [1.165, 1.54) is 0 Å². The van der Waals surface area contributed by atoms with Crippen LogP contribution in [-0.2, 0) is 9.53 Å². The summed E-state index contributed by atoms with van der Waals surface area (Å²) in [6.07, 6.45) is 3.04. The van der Waals surface area contributed by atoms with E-state index in [9.17, 15) is 4.79 Å². The summed E-state index contributed by atoms with van der Waals surface area (Å²) in [5.74, 6) is -0.899. The van der Waals surface area contributed by atoms with Gasteiger partial charge in [-0.2, -0.15) is 0 Å². The van der Waals surface area contributed by atoms with Crippen LogP contribution in [0.25, 0.3) is 0 Å². The van der Waals surface area contributed by atoms with Crippen molar-refractivity contribution in [3.8, 4) is 0 Å². The fourth-order valence-corrected chi connectivity index (χ4v) is 2.59. The molecule has 0 heterocycles. The second-order valence-corrected chi connectivity index (χ2v) is 4.28. The largest absolute Gasteiger partial charge is 0.480 e. The lowest BCUT2D eigenvalue weighted by atomic mass is 9.40. The lowest BCUT2D eigenvalue weighted by molar-refractivity contribution is -0.177. The predicted molar refractivity (Wildman–Crippen MR) is 41.7 cm³/mol. The Labute approximate surface area is 70.7 Å². The molecule has 0 atom stereocenters. The Kier molecular flexibility index (Phi) is 1.47. The van der Waals surface area contributed by atoms with Gasteiger partial charge in [-0.3, -0.25) is 0 Å². The number of hydrogen-bond acceptors (Lipinski definition) is 3. The van der Waals surface area contributed by atoms with Crippen molar-refractivity contribution in [2.75, 3.05) is 13.2 Å². The molecule has 0 aromatic carbocycles. The first kappa shape index (κ1) is 8.01. The molecular weight excluding hydrogens is 158 g/mol. The van der Waals surface area contributed by atoms with E-state index in [0.29, 0.717) is 6.61 Å². The number of nitrogens with two attached hydrogens (primary N) is 1. The molecule has 3 rings (SSSR count). The Hall–Kier alpha value is -0.610. The Morgan fingerprint density at radius 1 is 1.50 bits per heavy atom. The third kappa shape index (κ3) is 1.11. The summed E-state index contributed by atoms with van der Waals surface area (Å²) in [5, 5.41) is 8.31. The van der Waals surface area contributed by atoms with Gasteiger partial charge in [-0.25, -0.2) is 4.79 Å². The van der Waals surface area contributed by atoms with Crippen molar-refractivity contribution < 1.29 is 14.6 Å². The normalized spacial score (nSPS) is 43.1. The molecule has 0 radical (unpaired) electrons. The van der Waals surface area contributed by atoms with Crippen LogP contribution in [0.2, 0.25) is 0 Å². The van der Waals surface area contributed by atoms with Gasteiger partial charge in [-0.15, -0.1) is 0 Å². The van der Waals surface area contributed by atoms with Gasteiger partial charge in [0, 0.05) is 5.54 Å². The summed E-state index contributed by atoms with van der Waals surface area (Å²) in [6.45, 7) is 0.386. The molecule has 4 heteroatoms. The van der Waals surface area contributed by atoms with Crippen LogP contribution < -0.4 is 5.73 Å². The molecular formula is C8H13NO3. The summed E-state index contributed by atoms with van der Waals surface area (Å²) in [7, 11) is 0. The van der Waals surface area contributed by atoms with Gasteiger partial charge in [0.05, 0.1) is 6.61 Å². The van der Waals surface area contributed by atoms with Crippen molar-refractivity contribution in [1.29, 1.82) is 0 Å². The van der Waals surface area contributed by atoms with E-state index in [2.05, 4.69) is 0 Å². The van der Waals surface area contributed by atoms with Gasteiger partial charge < -0.3 is 15.6 Å². The summed E-state index contributed by atoms with van der Waals surface area (Å²) < 4.78 is 5.03. The molecule has 3 N–H and O–H groups in total. The minimum Gasteiger partial charge on any atom is -0.480 e. The maximum absolute atomic E-state index is 10.1. The van der Waals surface area contributed by atoms with Crippen LogP contribution in [0.3, 0.4) is 0 Å². The Morgan fingerprint density at radius 2 is 2.08 bits per heavy atom. The van der Waals surface area contributed by atoms with Gasteiger partial charge in [0.25, 0.3) is 0 Å². The van der Waals surface area contributed by atoms with E-state index in [1.54, 1.807) is 0 Å². The van der Waals surface area contributed by atoms with E-state index in [4.69, 9.17) is 15.6 Å². The van der Waals surface area contributed by atoms with Gasteiger partial charge in [0.1, 0.15) is 6.61 Å². The fraction of sp³-hybridized carbons (Fsp3) is 0.875. The molecule has 0 aromatic heterocycles. The van der Waals surface area contributed by atoms with Crippen LogP contribution in [0.4, 0.5) is 0 Å². The maximum Gasteiger partial charge on any atom is 0.329 e. The molecule has 3 fully saturated rings. The smallest absolute Gasteiger partial charge is 0.329 e. The Balaban J connectivity index is 1.67. The number of rotatable bonds is 4. The van der Waals surface area contributed by atoms with Crippen LogP contribution in [-0.4, -0.2) is 29.8 Å². The highest BCUT2D eigenvalue weighted by Gasteiger charge is 2.65. The standard InChI is InChI=1S/C8H13NO3/c9-8-2-7(3-8,4-8)5-12-1-6(10)11/h1-5,9H2,(H,10,11). The highest BCUT2D eigenvalue weighted by atomic mass is 16.5. The second kappa shape index (κ2) is 2.20. The van der Waals surface area contributed by atoms with E-state index >= 15 is 0 Å². The van der Waals surface area contributed by atoms with Crippen molar-refractivity contribution in [3.63, 3.8) is 0 Å².